The molecule has 1 nitrogen and oxygen atoms in total. The molecule has 0 aromatic carbocycles. The molecule has 0 amide bonds. The molecule has 0 unspecified atom stereocenters. The SMILES string of the molecule is CC.C\C=C/C=C(O)\C=C/CC. The van der Waals surface area contributed by atoms with Crippen molar-refractivity contribution in [2.45, 2.75) is 34.1 Å². The number of aliphatic hydroxyl groups is 1. The maximum absolute atomic E-state index is 9.03. The van der Waals surface area contributed by atoms with Crippen molar-refractivity contribution in [3.8, 4) is 0 Å². The van der Waals surface area contributed by atoms with E-state index in [4.69, 9.17) is 5.11 Å². The first kappa shape index (κ1) is 13.6. The first-order valence-electron chi connectivity index (χ1n) is 4.49. The Kier molecular flexibility index (Phi) is 14.4. The van der Waals surface area contributed by atoms with Crippen LogP contribution >= 0.6 is 0 Å². The summed E-state index contributed by atoms with van der Waals surface area (Å²) in [5, 5.41) is 9.03. The number of allylic oxidation sites excluding steroid dienone is 5. The number of rotatable bonds is 3. The van der Waals surface area contributed by atoms with Crippen LogP contribution in [0.4, 0.5) is 0 Å². The Morgan fingerprint density at radius 3 is 2.33 bits per heavy atom. The van der Waals surface area contributed by atoms with Gasteiger partial charge >= 0.3 is 0 Å². The minimum absolute atomic E-state index is 0.306. The molecule has 70 valence electrons. The minimum atomic E-state index is 0.306. The van der Waals surface area contributed by atoms with Crippen LogP contribution in [0.25, 0.3) is 0 Å². The molecule has 0 aliphatic rings. The lowest BCUT2D eigenvalue weighted by Gasteiger charge is -1.85. The quantitative estimate of drug-likeness (QED) is 0.499. The zero-order valence-electron chi connectivity index (χ0n) is 8.54. The van der Waals surface area contributed by atoms with Crippen molar-refractivity contribution < 1.29 is 5.11 Å². The monoisotopic (exact) mass is 168 g/mol. The van der Waals surface area contributed by atoms with E-state index in [1.807, 2.05) is 39.8 Å². The van der Waals surface area contributed by atoms with E-state index in [1.54, 1.807) is 18.2 Å². The highest BCUT2D eigenvalue weighted by Crippen LogP contribution is 1.92. The van der Waals surface area contributed by atoms with Crippen LogP contribution in [0.2, 0.25) is 0 Å². The third-order valence-electron chi connectivity index (χ3n) is 0.984. The number of hydrogen-bond donors (Lipinski definition) is 1. The van der Waals surface area contributed by atoms with Crippen LogP contribution in [0.5, 0.6) is 0 Å². The molecule has 0 saturated heterocycles. The maximum atomic E-state index is 9.03. The van der Waals surface area contributed by atoms with Crippen LogP contribution in [-0.4, -0.2) is 5.11 Å². The molecule has 0 aromatic rings. The molecule has 0 spiro atoms. The van der Waals surface area contributed by atoms with E-state index in [0.29, 0.717) is 5.76 Å². The van der Waals surface area contributed by atoms with Gasteiger partial charge in [-0.05, 0) is 25.5 Å². The van der Waals surface area contributed by atoms with E-state index >= 15 is 0 Å². The van der Waals surface area contributed by atoms with Crippen LogP contribution < -0.4 is 0 Å². The standard InChI is InChI=1S/C9H14O.C2H6/c1-3-5-7-9(10)8-6-4-2;1-2/h3,5-8,10H,4H2,1-2H3;1-2H3/b5-3-,8-6-,9-7+;. The summed E-state index contributed by atoms with van der Waals surface area (Å²) in [5.74, 6) is 0.306. The first-order valence-corrected chi connectivity index (χ1v) is 4.49. The van der Waals surface area contributed by atoms with E-state index in [0.717, 1.165) is 6.42 Å². The largest absolute Gasteiger partial charge is 0.508 e. The molecule has 0 saturated carbocycles. The summed E-state index contributed by atoms with van der Waals surface area (Å²) < 4.78 is 0. The van der Waals surface area contributed by atoms with Crippen LogP contribution in [0.1, 0.15) is 34.1 Å². The molecule has 0 aliphatic heterocycles. The molecule has 0 bridgehead atoms. The van der Waals surface area contributed by atoms with Gasteiger partial charge in [0.2, 0.25) is 0 Å². The second kappa shape index (κ2) is 12.7. The average molecular weight is 168 g/mol. The summed E-state index contributed by atoms with van der Waals surface area (Å²) in [6, 6.07) is 0. The molecule has 1 N–H and O–H groups in total. The zero-order valence-corrected chi connectivity index (χ0v) is 8.54. The molecule has 0 atom stereocenters. The van der Waals surface area contributed by atoms with Gasteiger partial charge in [-0.1, -0.05) is 39.0 Å². The fourth-order valence-corrected chi connectivity index (χ4v) is 0.489. The third-order valence-corrected chi connectivity index (χ3v) is 0.984. The lowest BCUT2D eigenvalue weighted by Crippen LogP contribution is -1.70. The lowest BCUT2D eigenvalue weighted by atomic mass is 10.3. The van der Waals surface area contributed by atoms with E-state index in [1.165, 1.54) is 0 Å². The normalized spacial score (nSPS) is 11.8. The maximum Gasteiger partial charge on any atom is 0.115 e. The van der Waals surface area contributed by atoms with Crippen molar-refractivity contribution in [2.24, 2.45) is 0 Å². The summed E-state index contributed by atoms with van der Waals surface area (Å²) in [5.41, 5.74) is 0. The Morgan fingerprint density at radius 2 is 1.92 bits per heavy atom. The number of aliphatic hydroxyl groups excluding tert-OH is 1. The molecule has 0 rings (SSSR count). The second-order valence-electron chi connectivity index (χ2n) is 1.93. The van der Waals surface area contributed by atoms with Crippen LogP contribution in [-0.2, 0) is 0 Å². The topological polar surface area (TPSA) is 20.2 Å². The van der Waals surface area contributed by atoms with Gasteiger partial charge < -0.3 is 5.11 Å². The Balaban J connectivity index is 0. The molecule has 0 aliphatic carbocycles. The van der Waals surface area contributed by atoms with Crippen molar-refractivity contribution in [3.63, 3.8) is 0 Å². The van der Waals surface area contributed by atoms with Crippen molar-refractivity contribution >= 4 is 0 Å². The molecular weight excluding hydrogens is 148 g/mol. The van der Waals surface area contributed by atoms with Crippen molar-refractivity contribution in [1.29, 1.82) is 0 Å². The Hall–Kier alpha value is -0.980. The van der Waals surface area contributed by atoms with Gasteiger partial charge in [0.25, 0.3) is 0 Å². The fourth-order valence-electron chi connectivity index (χ4n) is 0.489. The second-order valence-corrected chi connectivity index (χ2v) is 1.93. The van der Waals surface area contributed by atoms with Gasteiger partial charge in [0.15, 0.2) is 0 Å². The predicted molar refractivity (Wildman–Crippen MR) is 56.3 cm³/mol. The van der Waals surface area contributed by atoms with Crippen molar-refractivity contribution in [3.05, 3.63) is 36.1 Å². The third kappa shape index (κ3) is 11.8. The Labute approximate surface area is 76.1 Å². The van der Waals surface area contributed by atoms with E-state index in [9.17, 15) is 0 Å². The highest BCUT2D eigenvalue weighted by Gasteiger charge is 1.77. The van der Waals surface area contributed by atoms with Gasteiger partial charge in [-0.25, -0.2) is 0 Å². The molecule has 0 fully saturated rings. The van der Waals surface area contributed by atoms with E-state index in [-0.39, 0.29) is 0 Å². The van der Waals surface area contributed by atoms with Gasteiger partial charge in [0.1, 0.15) is 5.76 Å². The number of hydrogen-bond acceptors (Lipinski definition) is 1. The molecule has 0 radical (unpaired) electrons. The highest BCUT2D eigenvalue weighted by atomic mass is 16.3. The fraction of sp³-hybridized carbons (Fsp3) is 0.455. The summed E-state index contributed by atoms with van der Waals surface area (Å²) in [6.07, 6.45) is 9.89. The molecular formula is C11H20O. The van der Waals surface area contributed by atoms with Gasteiger partial charge in [-0.2, -0.15) is 0 Å². The molecule has 0 heterocycles. The van der Waals surface area contributed by atoms with Crippen LogP contribution in [0, 0.1) is 0 Å². The van der Waals surface area contributed by atoms with Gasteiger partial charge in [-0.3, -0.25) is 0 Å². The Morgan fingerprint density at radius 1 is 1.33 bits per heavy atom. The highest BCUT2D eigenvalue weighted by molar-refractivity contribution is 5.16. The minimum Gasteiger partial charge on any atom is -0.508 e. The first-order chi connectivity index (χ1) is 5.81. The van der Waals surface area contributed by atoms with Gasteiger partial charge in [-0.15, -0.1) is 0 Å². The van der Waals surface area contributed by atoms with Gasteiger partial charge in [0, 0.05) is 0 Å². The van der Waals surface area contributed by atoms with Crippen LogP contribution in [0.15, 0.2) is 36.1 Å². The summed E-state index contributed by atoms with van der Waals surface area (Å²) in [7, 11) is 0. The van der Waals surface area contributed by atoms with Gasteiger partial charge in [0.05, 0.1) is 0 Å². The molecule has 0 aromatic heterocycles. The van der Waals surface area contributed by atoms with E-state index < -0.39 is 0 Å². The smallest absolute Gasteiger partial charge is 0.115 e. The summed E-state index contributed by atoms with van der Waals surface area (Å²) >= 11 is 0. The molecule has 12 heavy (non-hydrogen) atoms. The zero-order chi connectivity index (χ0) is 9.82. The van der Waals surface area contributed by atoms with Crippen molar-refractivity contribution in [1.82, 2.24) is 0 Å². The van der Waals surface area contributed by atoms with Crippen LogP contribution in [0.3, 0.4) is 0 Å². The average Bonchev–Trinajstić information content (AvgIpc) is 2.14. The van der Waals surface area contributed by atoms with E-state index in [2.05, 4.69) is 0 Å². The summed E-state index contributed by atoms with van der Waals surface area (Å²) in [4.78, 5) is 0. The molecule has 1 heteroatoms. The summed E-state index contributed by atoms with van der Waals surface area (Å²) in [6.45, 7) is 7.94. The lowest BCUT2D eigenvalue weighted by molar-refractivity contribution is 0.432. The Bertz CT molecular complexity index is 152. The predicted octanol–water partition coefficient (Wildman–Crippen LogP) is 4.00. The van der Waals surface area contributed by atoms with Crippen molar-refractivity contribution in [2.75, 3.05) is 0 Å².